The fraction of sp³-hybridized carbons (Fsp3) is 0.182. The molecule has 15 heavy (non-hydrogen) atoms. The van der Waals surface area contributed by atoms with Gasteiger partial charge in [-0.3, -0.25) is 4.79 Å². The number of benzene rings is 1. The Morgan fingerprint density at radius 3 is 2.67 bits per heavy atom. The molecule has 0 saturated heterocycles. The monoisotopic (exact) mass is 207 g/mol. The van der Waals surface area contributed by atoms with Crippen LogP contribution in [0.25, 0.3) is 6.08 Å². The minimum atomic E-state index is 0.604. The molecule has 1 aromatic rings. The molecule has 80 valence electrons. The zero-order valence-corrected chi connectivity index (χ0v) is 8.69. The quantitative estimate of drug-likeness (QED) is 0.743. The first kappa shape index (κ1) is 11.1. The number of amides is 1. The van der Waals surface area contributed by atoms with Crippen LogP contribution in [0.15, 0.2) is 24.4 Å². The van der Waals surface area contributed by atoms with Gasteiger partial charge in [-0.15, -0.1) is 0 Å². The Balaban J connectivity index is 2.91. The average Bonchev–Trinajstić information content (AvgIpc) is 2.29. The summed E-state index contributed by atoms with van der Waals surface area (Å²) in [6, 6.07) is 5.45. The van der Waals surface area contributed by atoms with Crippen LogP contribution in [-0.2, 0) is 4.79 Å². The van der Waals surface area contributed by atoms with Crippen molar-refractivity contribution in [3.63, 3.8) is 0 Å². The van der Waals surface area contributed by atoms with E-state index in [-0.39, 0.29) is 0 Å². The number of carbonyl (C=O) groups is 1. The topological polar surface area (TPSA) is 47.6 Å². The molecule has 0 radical (unpaired) electrons. The van der Waals surface area contributed by atoms with E-state index >= 15 is 0 Å². The van der Waals surface area contributed by atoms with E-state index in [1.54, 1.807) is 26.4 Å². The third kappa shape index (κ3) is 3.02. The molecule has 0 aromatic heterocycles. The van der Waals surface area contributed by atoms with Crippen LogP contribution >= 0.6 is 0 Å². The van der Waals surface area contributed by atoms with Crippen LogP contribution in [0.1, 0.15) is 5.56 Å². The summed E-state index contributed by atoms with van der Waals surface area (Å²) in [7, 11) is 3.18. The minimum Gasteiger partial charge on any atom is -0.497 e. The molecular weight excluding hydrogens is 194 g/mol. The first-order valence-corrected chi connectivity index (χ1v) is 4.40. The van der Waals surface area contributed by atoms with Crippen molar-refractivity contribution < 1.29 is 14.3 Å². The van der Waals surface area contributed by atoms with Crippen molar-refractivity contribution in [2.24, 2.45) is 0 Å². The lowest BCUT2D eigenvalue weighted by atomic mass is 10.2. The Bertz CT molecular complexity index is 361. The van der Waals surface area contributed by atoms with E-state index in [4.69, 9.17) is 9.47 Å². The summed E-state index contributed by atoms with van der Waals surface area (Å²) < 4.78 is 10.2. The molecule has 0 aliphatic rings. The molecule has 0 spiro atoms. The van der Waals surface area contributed by atoms with Gasteiger partial charge in [0.1, 0.15) is 11.5 Å². The van der Waals surface area contributed by atoms with E-state index in [2.05, 4.69) is 5.32 Å². The lowest BCUT2D eigenvalue weighted by Gasteiger charge is -2.06. The molecule has 0 saturated carbocycles. The van der Waals surface area contributed by atoms with Crippen molar-refractivity contribution in [2.75, 3.05) is 14.2 Å². The van der Waals surface area contributed by atoms with Crippen LogP contribution < -0.4 is 14.8 Å². The highest BCUT2D eigenvalue weighted by Gasteiger charge is 2.01. The van der Waals surface area contributed by atoms with Gasteiger partial charge in [0.05, 0.1) is 14.2 Å². The smallest absolute Gasteiger partial charge is 0.211 e. The van der Waals surface area contributed by atoms with Gasteiger partial charge in [-0.1, -0.05) is 0 Å². The van der Waals surface area contributed by atoms with E-state index in [0.29, 0.717) is 12.2 Å². The molecule has 0 unspecified atom stereocenters. The molecule has 0 fully saturated rings. The first-order chi connectivity index (χ1) is 7.31. The molecule has 1 aromatic carbocycles. The molecule has 4 nitrogen and oxygen atoms in total. The highest BCUT2D eigenvalue weighted by Crippen LogP contribution is 2.25. The molecule has 1 rings (SSSR count). The average molecular weight is 207 g/mol. The standard InChI is InChI=1S/C11H13NO3/c1-14-10-4-3-9(5-6-12-8-13)11(7-10)15-2/h3-8H,1-2H3,(H,12,13)/b6-5+. The lowest BCUT2D eigenvalue weighted by Crippen LogP contribution is -1.98. The third-order valence-electron chi connectivity index (χ3n) is 1.87. The maximum atomic E-state index is 10.0. The number of nitrogens with one attached hydrogen (secondary N) is 1. The molecule has 0 aliphatic carbocycles. The first-order valence-electron chi connectivity index (χ1n) is 4.40. The van der Waals surface area contributed by atoms with Crippen molar-refractivity contribution >= 4 is 12.5 Å². The lowest BCUT2D eigenvalue weighted by molar-refractivity contribution is -0.108. The number of rotatable bonds is 5. The van der Waals surface area contributed by atoms with Crippen LogP contribution in [0.3, 0.4) is 0 Å². The van der Waals surface area contributed by atoms with E-state index < -0.39 is 0 Å². The molecular formula is C11H13NO3. The molecule has 0 atom stereocenters. The maximum Gasteiger partial charge on any atom is 0.211 e. The second-order valence-electron chi connectivity index (χ2n) is 2.73. The largest absolute Gasteiger partial charge is 0.497 e. The summed E-state index contributed by atoms with van der Waals surface area (Å²) in [6.45, 7) is 0. The van der Waals surface area contributed by atoms with E-state index in [1.807, 2.05) is 12.1 Å². The van der Waals surface area contributed by atoms with Gasteiger partial charge in [-0.2, -0.15) is 0 Å². The Kier molecular flexibility index (Phi) is 4.22. The number of hydrogen-bond acceptors (Lipinski definition) is 3. The Morgan fingerprint density at radius 2 is 2.07 bits per heavy atom. The van der Waals surface area contributed by atoms with Crippen LogP contribution in [-0.4, -0.2) is 20.6 Å². The Hall–Kier alpha value is -1.97. The second kappa shape index (κ2) is 5.70. The number of ether oxygens (including phenoxy) is 2. The summed E-state index contributed by atoms with van der Waals surface area (Å²) >= 11 is 0. The predicted octanol–water partition coefficient (Wildman–Crippen LogP) is 1.42. The van der Waals surface area contributed by atoms with Gasteiger partial charge in [-0.25, -0.2) is 0 Å². The van der Waals surface area contributed by atoms with Crippen molar-refractivity contribution in [1.29, 1.82) is 0 Å². The Morgan fingerprint density at radius 1 is 1.27 bits per heavy atom. The van der Waals surface area contributed by atoms with Gasteiger partial charge in [0, 0.05) is 17.8 Å². The Labute approximate surface area is 88.5 Å². The van der Waals surface area contributed by atoms with Gasteiger partial charge in [0.15, 0.2) is 0 Å². The van der Waals surface area contributed by atoms with E-state index in [9.17, 15) is 4.79 Å². The van der Waals surface area contributed by atoms with Gasteiger partial charge < -0.3 is 14.8 Å². The van der Waals surface area contributed by atoms with E-state index in [0.717, 1.165) is 11.3 Å². The maximum absolute atomic E-state index is 10.0. The molecule has 4 heteroatoms. The molecule has 0 bridgehead atoms. The fourth-order valence-electron chi connectivity index (χ4n) is 1.13. The molecule has 0 heterocycles. The van der Waals surface area contributed by atoms with Crippen LogP contribution in [0.2, 0.25) is 0 Å². The van der Waals surface area contributed by atoms with Crippen molar-refractivity contribution in [1.82, 2.24) is 5.32 Å². The van der Waals surface area contributed by atoms with E-state index in [1.165, 1.54) is 6.20 Å². The summed E-state index contributed by atoms with van der Waals surface area (Å²) in [5.41, 5.74) is 0.868. The number of hydrogen-bond donors (Lipinski definition) is 1. The SMILES string of the molecule is COc1ccc(/C=C/NC=O)c(OC)c1. The summed E-state index contributed by atoms with van der Waals surface area (Å²) in [4.78, 5) is 10.0. The highest BCUT2D eigenvalue weighted by atomic mass is 16.5. The number of methoxy groups -OCH3 is 2. The van der Waals surface area contributed by atoms with Gasteiger partial charge in [0.2, 0.25) is 6.41 Å². The normalized spacial score (nSPS) is 10.0. The van der Waals surface area contributed by atoms with Gasteiger partial charge >= 0.3 is 0 Å². The molecule has 1 N–H and O–H groups in total. The summed E-state index contributed by atoms with van der Waals surface area (Å²) in [5.74, 6) is 1.42. The summed E-state index contributed by atoms with van der Waals surface area (Å²) in [5, 5.41) is 2.43. The minimum absolute atomic E-state index is 0.604. The predicted molar refractivity (Wildman–Crippen MR) is 57.8 cm³/mol. The van der Waals surface area contributed by atoms with Crippen LogP contribution in [0, 0.1) is 0 Å². The zero-order valence-electron chi connectivity index (χ0n) is 8.69. The molecule has 0 aliphatic heterocycles. The zero-order chi connectivity index (χ0) is 11.1. The second-order valence-corrected chi connectivity index (χ2v) is 2.73. The summed E-state index contributed by atoms with van der Waals surface area (Å²) in [6.07, 6.45) is 3.89. The van der Waals surface area contributed by atoms with Gasteiger partial charge in [0.25, 0.3) is 0 Å². The third-order valence-corrected chi connectivity index (χ3v) is 1.87. The van der Waals surface area contributed by atoms with Crippen molar-refractivity contribution in [3.05, 3.63) is 30.0 Å². The fourth-order valence-corrected chi connectivity index (χ4v) is 1.13. The van der Waals surface area contributed by atoms with Crippen LogP contribution in [0.4, 0.5) is 0 Å². The van der Waals surface area contributed by atoms with Crippen LogP contribution in [0.5, 0.6) is 11.5 Å². The van der Waals surface area contributed by atoms with Crippen molar-refractivity contribution in [2.45, 2.75) is 0 Å². The van der Waals surface area contributed by atoms with Crippen molar-refractivity contribution in [3.8, 4) is 11.5 Å². The highest BCUT2D eigenvalue weighted by molar-refractivity contribution is 5.61. The van der Waals surface area contributed by atoms with Gasteiger partial charge in [-0.05, 0) is 18.2 Å². The number of carbonyl (C=O) groups excluding carboxylic acids is 1. The molecule has 1 amide bonds.